The Balaban J connectivity index is 1.69. The molecule has 2 aliphatic rings. The Morgan fingerprint density at radius 3 is 2.30 bits per heavy atom. The average Bonchev–Trinajstić information content (AvgIpc) is 3.47. The first kappa shape index (κ1) is 18.3. The molecule has 144 valence electrons. The van der Waals surface area contributed by atoms with Crippen LogP contribution in [-0.4, -0.2) is 54.7 Å². The first-order valence-electron chi connectivity index (χ1n) is 9.74. The van der Waals surface area contributed by atoms with Crippen LogP contribution in [0.4, 0.5) is 0 Å². The summed E-state index contributed by atoms with van der Waals surface area (Å²) in [4.78, 5) is 17.0. The minimum absolute atomic E-state index is 0.0503. The number of piperazine rings is 1. The summed E-state index contributed by atoms with van der Waals surface area (Å²) in [6.45, 7) is 6.34. The van der Waals surface area contributed by atoms with Gasteiger partial charge in [-0.25, -0.2) is 0 Å². The van der Waals surface area contributed by atoms with Crippen molar-refractivity contribution in [3.8, 4) is 16.9 Å². The summed E-state index contributed by atoms with van der Waals surface area (Å²) in [6.07, 6.45) is 4.30. The van der Waals surface area contributed by atoms with Crippen molar-refractivity contribution in [1.82, 2.24) is 14.4 Å². The third-order valence-electron chi connectivity index (χ3n) is 6.23. The number of nitrogens with zero attached hydrogens (tertiary/aromatic N) is 3. The Morgan fingerprint density at radius 2 is 1.70 bits per heavy atom. The maximum atomic E-state index is 12.0. The number of ether oxygens (including phenoxy) is 1. The lowest BCUT2D eigenvalue weighted by molar-refractivity contribution is 0.0961. The topological polar surface area (TPSA) is 37.7 Å². The zero-order valence-electron chi connectivity index (χ0n) is 16.8. The maximum absolute atomic E-state index is 12.0. The highest BCUT2D eigenvalue weighted by Gasteiger charge is 2.51. The fourth-order valence-corrected chi connectivity index (χ4v) is 4.40. The number of aromatic nitrogens is 1. The Kier molecular flexibility index (Phi) is 4.60. The summed E-state index contributed by atoms with van der Waals surface area (Å²) >= 11 is 0. The molecule has 0 spiro atoms. The van der Waals surface area contributed by atoms with Crippen LogP contribution in [0.1, 0.15) is 24.0 Å². The quantitative estimate of drug-likeness (QED) is 0.833. The van der Waals surface area contributed by atoms with Crippen molar-refractivity contribution in [3.05, 3.63) is 51.9 Å². The van der Waals surface area contributed by atoms with E-state index in [1.807, 2.05) is 19.2 Å². The third kappa shape index (κ3) is 3.19. The van der Waals surface area contributed by atoms with Gasteiger partial charge in [-0.05, 0) is 50.1 Å². The SMILES string of the molecule is COc1cc(-c2cc(C)c(=O)n(C)c2)ccc1C1(N2CCN(C)CC2)CC1. The molecule has 1 aliphatic carbocycles. The lowest BCUT2D eigenvalue weighted by atomic mass is 9.96. The number of hydrogen-bond donors (Lipinski definition) is 0. The van der Waals surface area contributed by atoms with Crippen molar-refractivity contribution in [2.24, 2.45) is 7.05 Å². The van der Waals surface area contributed by atoms with Crippen LogP contribution in [-0.2, 0) is 12.6 Å². The molecule has 2 fully saturated rings. The minimum atomic E-state index is 0.0503. The molecule has 2 aromatic rings. The van der Waals surface area contributed by atoms with Gasteiger partial charge >= 0.3 is 0 Å². The predicted molar refractivity (Wildman–Crippen MR) is 108 cm³/mol. The van der Waals surface area contributed by atoms with E-state index < -0.39 is 0 Å². The van der Waals surface area contributed by atoms with Crippen LogP contribution < -0.4 is 10.3 Å². The van der Waals surface area contributed by atoms with Crippen LogP contribution in [0.5, 0.6) is 5.75 Å². The van der Waals surface area contributed by atoms with Crippen LogP contribution in [0.3, 0.4) is 0 Å². The van der Waals surface area contributed by atoms with Crippen LogP contribution in [0.25, 0.3) is 11.1 Å². The zero-order chi connectivity index (χ0) is 19.2. The van der Waals surface area contributed by atoms with E-state index in [0.717, 1.165) is 48.6 Å². The summed E-state index contributed by atoms with van der Waals surface area (Å²) in [6, 6.07) is 8.50. The monoisotopic (exact) mass is 367 g/mol. The molecule has 1 aromatic carbocycles. The Bertz CT molecular complexity index is 880. The molecule has 0 amide bonds. The predicted octanol–water partition coefficient (Wildman–Crippen LogP) is 2.61. The second kappa shape index (κ2) is 6.80. The van der Waals surface area contributed by atoms with E-state index in [0.29, 0.717) is 0 Å². The molecular weight excluding hydrogens is 338 g/mol. The molecule has 1 aromatic heterocycles. The van der Waals surface area contributed by atoms with Gasteiger partial charge in [-0.1, -0.05) is 12.1 Å². The molecule has 0 bridgehead atoms. The molecule has 5 nitrogen and oxygen atoms in total. The Hall–Kier alpha value is -2.11. The Morgan fingerprint density at radius 1 is 1.00 bits per heavy atom. The number of rotatable bonds is 4. The zero-order valence-corrected chi connectivity index (χ0v) is 16.8. The highest BCUT2D eigenvalue weighted by Crippen LogP contribution is 2.54. The van der Waals surface area contributed by atoms with E-state index in [-0.39, 0.29) is 11.1 Å². The molecule has 0 N–H and O–H groups in total. The summed E-state index contributed by atoms with van der Waals surface area (Å²) < 4.78 is 7.47. The lowest BCUT2D eigenvalue weighted by Crippen LogP contribution is -2.49. The molecule has 0 atom stereocenters. The molecule has 4 rings (SSSR count). The van der Waals surface area contributed by atoms with Crippen molar-refractivity contribution >= 4 is 0 Å². The number of methoxy groups -OCH3 is 1. The smallest absolute Gasteiger partial charge is 0.253 e. The summed E-state index contributed by atoms with van der Waals surface area (Å²) in [5, 5.41) is 0. The second-order valence-corrected chi connectivity index (χ2v) is 8.06. The summed E-state index contributed by atoms with van der Waals surface area (Å²) in [7, 11) is 5.76. The molecule has 1 saturated heterocycles. The summed E-state index contributed by atoms with van der Waals surface area (Å²) in [5.41, 5.74) is 4.39. The standard InChI is InChI=1S/C22H29N3O2/c1-16-13-18(15-24(3)21(16)26)17-5-6-19(20(14-17)27-4)22(7-8-22)25-11-9-23(2)10-12-25/h5-6,13-15H,7-12H2,1-4H3. The maximum Gasteiger partial charge on any atom is 0.253 e. The highest BCUT2D eigenvalue weighted by atomic mass is 16.5. The van der Waals surface area contributed by atoms with Gasteiger partial charge in [0.05, 0.1) is 7.11 Å². The molecule has 1 saturated carbocycles. The normalized spacial score (nSPS) is 19.9. The van der Waals surface area contributed by atoms with E-state index in [9.17, 15) is 4.79 Å². The molecule has 0 unspecified atom stereocenters. The first-order valence-corrected chi connectivity index (χ1v) is 9.74. The molecule has 2 heterocycles. The van der Waals surface area contributed by atoms with Crippen molar-refractivity contribution in [1.29, 1.82) is 0 Å². The van der Waals surface area contributed by atoms with E-state index in [2.05, 4.69) is 35.0 Å². The lowest BCUT2D eigenvalue weighted by Gasteiger charge is -2.39. The van der Waals surface area contributed by atoms with Crippen LogP contribution in [0.2, 0.25) is 0 Å². The summed E-state index contributed by atoms with van der Waals surface area (Å²) in [5.74, 6) is 0.954. The largest absolute Gasteiger partial charge is 0.496 e. The Labute approximate surface area is 161 Å². The molecule has 5 heteroatoms. The van der Waals surface area contributed by atoms with Crippen LogP contribution in [0.15, 0.2) is 35.3 Å². The van der Waals surface area contributed by atoms with Gasteiger partial charge in [0.1, 0.15) is 5.75 Å². The first-order chi connectivity index (χ1) is 12.9. The molecular formula is C22H29N3O2. The number of hydrogen-bond acceptors (Lipinski definition) is 4. The highest BCUT2D eigenvalue weighted by molar-refractivity contribution is 5.67. The number of pyridine rings is 1. The second-order valence-electron chi connectivity index (χ2n) is 8.06. The van der Waals surface area contributed by atoms with Crippen molar-refractivity contribution < 1.29 is 4.74 Å². The minimum Gasteiger partial charge on any atom is -0.496 e. The van der Waals surface area contributed by atoms with E-state index in [1.165, 1.54) is 18.4 Å². The third-order valence-corrected chi connectivity index (χ3v) is 6.23. The van der Waals surface area contributed by atoms with Gasteiger partial charge in [-0.2, -0.15) is 0 Å². The number of aryl methyl sites for hydroxylation is 2. The van der Waals surface area contributed by atoms with Crippen LogP contribution >= 0.6 is 0 Å². The van der Waals surface area contributed by atoms with E-state index in [1.54, 1.807) is 18.7 Å². The van der Waals surface area contributed by atoms with Gasteiger partial charge in [0.2, 0.25) is 0 Å². The van der Waals surface area contributed by atoms with Gasteiger partial charge in [-0.3, -0.25) is 9.69 Å². The van der Waals surface area contributed by atoms with E-state index in [4.69, 9.17) is 4.74 Å². The van der Waals surface area contributed by atoms with Crippen molar-refractivity contribution in [2.45, 2.75) is 25.3 Å². The van der Waals surface area contributed by atoms with Gasteiger partial charge in [0, 0.05) is 56.1 Å². The fourth-order valence-electron chi connectivity index (χ4n) is 4.40. The van der Waals surface area contributed by atoms with Crippen molar-refractivity contribution in [2.75, 3.05) is 40.3 Å². The van der Waals surface area contributed by atoms with Gasteiger partial charge in [0.15, 0.2) is 0 Å². The molecule has 0 radical (unpaired) electrons. The van der Waals surface area contributed by atoms with Crippen molar-refractivity contribution in [3.63, 3.8) is 0 Å². The molecule has 27 heavy (non-hydrogen) atoms. The number of benzene rings is 1. The molecule has 1 aliphatic heterocycles. The van der Waals surface area contributed by atoms with Gasteiger partial charge < -0.3 is 14.2 Å². The van der Waals surface area contributed by atoms with Crippen LogP contribution in [0, 0.1) is 6.92 Å². The van der Waals surface area contributed by atoms with Gasteiger partial charge in [0.25, 0.3) is 5.56 Å². The number of likely N-dealkylation sites (N-methyl/N-ethyl adjacent to an activating group) is 1. The van der Waals surface area contributed by atoms with Gasteiger partial charge in [-0.15, -0.1) is 0 Å². The fraction of sp³-hybridized carbons (Fsp3) is 0.500. The average molecular weight is 367 g/mol. The van der Waals surface area contributed by atoms with E-state index >= 15 is 0 Å².